The first-order valence-electron chi connectivity index (χ1n) is 12.8. The van der Waals surface area contributed by atoms with Crippen LogP contribution in [0.3, 0.4) is 0 Å². The minimum Gasteiger partial charge on any atom is -0.317 e. The van der Waals surface area contributed by atoms with E-state index in [-0.39, 0.29) is 0 Å². The van der Waals surface area contributed by atoms with Crippen molar-refractivity contribution >= 4 is 15.7 Å². The second-order valence-corrected chi connectivity index (χ2v) is 12.0. The summed E-state index contributed by atoms with van der Waals surface area (Å²) in [4.78, 5) is 0.346. The SMILES string of the molecule is O=S(=O)(c1ccc(-c2ccccc2)cc1)N1CCc2cc([C@@H]3C[C@H]3NCC3CCNCC3)ccc21. The van der Waals surface area contributed by atoms with Gasteiger partial charge in [-0.25, -0.2) is 8.42 Å². The lowest BCUT2D eigenvalue weighted by Gasteiger charge is -2.23. The summed E-state index contributed by atoms with van der Waals surface area (Å²) in [5, 5.41) is 7.21. The smallest absolute Gasteiger partial charge is 0.264 e. The lowest BCUT2D eigenvalue weighted by Crippen LogP contribution is -2.34. The highest BCUT2D eigenvalue weighted by atomic mass is 32.2. The van der Waals surface area contributed by atoms with E-state index in [4.69, 9.17) is 0 Å². The Hall–Kier alpha value is -2.67. The van der Waals surface area contributed by atoms with Gasteiger partial charge in [0.25, 0.3) is 10.0 Å². The molecule has 1 saturated heterocycles. The fourth-order valence-corrected chi connectivity index (χ4v) is 7.14. The molecule has 6 heteroatoms. The number of nitrogens with one attached hydrogen (secondary N) is 2. The minimum atomic E-state index is -3.58. The van der Waals surface area contributed by atoms with Gasteiger partial charge >= 0.3 is 0 Å². The summed E-state index contributed by atoms with van der Waals surface area (Å²) in [6, 6.07) is 24.3. The van der Waals surface area contributed by atoms with E-state index in [1.165, 1.54) is 24.8 Å². The summed E-state index contributed by atoms with van der Waals surface area (Å²) in [5.41, 5.74) is 5.43. The molecule has 0 unspecified atom stereocenters. The molecular formula is C29H33N3O2S. The molecule has 1 aliphatic carbocycles. The molecule has 2 fully saturated rings. The lowest BCUT2D eigenvalue weighted by atomic mass is 9.98. The maximum Gasteiger partial charge on any atom is 0.264 e. The lowest BCUT2D eigenvalue weighted by molar-refractivity contribution is 0.355. The highest BCUT2D eigenvalue weighted by Crippen LogP contribution is 2.44. The molecular weight excluding hydrogens is 454 g/mol. The molecule has 1 saturated carbocycles. The van der Waals surface area contributed by atoms with Crippen molar-refractivity contribution in [2.24, 2.45) is 5.92 Å². The van der Waals surface area contributed by atoms with Crippen LogP contribution < -0.4 is 14.9 Å². The Morgan fingerprint density at radius 1 is 0.914 bits per heavy atom. The van der Waals surface area contributed by atoms with Gasteiger partial charge in [0.1, 0.15) is 0 Å². The number of hydrogen-bond acceptors (Lipinski definition) is 4. The van der Waals surface area contributed by atoms with Crippen LogP contribution in [0.15, 0.2) is 77.7 Å². The second-order valence-electron chi connectivity index (χ2n) is 10.2. The number of hydrogen-bond donors (Lipinski definition) is 2. The van der Waals surface area contributed by atoms with Crippen LogP contribution in [0, 0.1) is 5.92 Å². The van der Waals surface area contributed by atoms with Gasteiger partial charge in [0.05, 0.1) is 10.6 Å². The Bertz CT molecular complexity index is 1290. The average Bonchev–Trinajstić information content (AvgIpc) is 3.56. The third-order valence-corrected chi connectivity index (χ3v) is 9.68. The van der Waals surface area contributed by atoms with E-state index in [0.29, 0.717) is 23.4 Å². The maximum atomic E-state index is 13.5. The zero-order valence-corrected chi connectivity index (χ0v) is 20.8. The van der Waals surface area contributed by atoms with E-state index in [1.54, 1.807) is 16.4 Å². The first-order valence-corrected chi connectivity index (χ1v) is 14.3. The van der Waals surface area contributed by atoms with Gasteiger partial charge in [-0.1, -0.05) is 54.6 Å². The van der Waals surface area contributed by atoms with Gasteiger partial charge in [0.15, 0.2) is 0 Å². The molecule has 2 atom stereocenters. The molecule has 2 N–H and O–H groups in total. The molecule has 35 heavy (non-hydrogen) atoms. The standard InChI is InChI=1S/C29H33N3O2S/c33-35(34,26-9-6-23(7-10-26)22-4-2-1-3-5-22)32-17-14-25-18-24(8-11-29(25)32)27-19-28(27)31-20-21-12-15-30-16-13-21/h1-11,18,21,27-28,30-31H,12-17,19-20H2/t27-,28+/m0/s1. The van der Waals surface area contributed by atoms with Gasteiger partial charge in [-0.15, -0.1) is 0 Å². The molecule has 6 rings (SSSR count). The summed E-state index contributed by atoms with van der Waals surface area (Å²) in [6.07, 6.45) is 4.48. The van der Waals surface area contributed by atoms with Crippen LogP contribution in [-0.4, -0.2) is 40.6 Å². The number of benzene rings is 3. The van der Waals surface area contributed by atoms with E-state index in [0.717, 1.165) is 54.4 Å². The molecule has 2 aliphatic heterocycles. The van der Waals surface area contributed by atoms with Gasteiger partial charge in [0, 0.05) is 18.5 Å². The first kappa shape index (κ1) is 22.8. The molecule has 0 bridgehead atoms. The average molecular weight is 488 g/mol. The first-order chi connectivity index (χ1) is 17.1. The van der Waals surface area contributed by atoms with Crippen LogP contribution in [0.1, 0.15) is 36.3 Å². The minimum absolute atomic E-state index is 0.346. The third-order valence-electron chi connectivity index (χ3n) is 7.85. The van der Waals surface area contributed by atoms with Crippen molar-refractivity contribution in [2.45, 2.75) is 42.5 Å². The highest BCUT2D eigenvalue weighted by Gasteiger charge is 2.39. The van der Waals surface area contributed by atoms with Gasteiger partial charge in [-0.3, -0.25) is 4.31 Å². The molecule has 5 nitrogen and oxygen atoms in total. The van der Waals surface area contributed by atoms with Crippen molar-refractivity contribution < 1.29 is 8.42 Å². The molecule has 3 aromatic rings. The van der Waals surface area contributed by atoms with Crippen LogP contribution in [0.2, 0.25) is 0 Å². The van der Waals surface area contributed by atoms with Crippen molar-refractivity contribution in [3.05, 3.63) is 83.9 Å². The zero-order chi connectivity index (χ0) is 23.8. The van der Waals surface area contributed by atoms with E-state index >= 15 is 0 Å². The van der Waals surface area contributed by atoms with Gasteiger partial charge in [0.2, 0.25) is 0 Å². The quantitative estimate of drug-likeness (QED) is 0.513. The fourth-order valence-electron chi connectivity index (χ4n) is 5.64. The summed E-state index contributed by atoms with van der Waals surface area (Å²) in [5.74, 6) is 1.34. The van der Waals surface area contributed by atoms with Crippen LogP contribution in [0.5, 0.6) is 0 Å². The van der Waals surface area contributed by atoms with E-state index in [1.807, 2.05) is 48.5 Å². The van der Waals surface area contributed by atoms with E-state index in [2.05, 4.69) is 22.8 Å². The van der Waals surface area contributed by atoms with Gasteiger partial charge in [-0.05, 0) is 91.7 Å². The van der Waals surface area contributed by atoms with Crippen molar-refractivity contribution in [1.29, 1.82) is 0 Å². The summed E-state index contributed by atoms with van der Waals surface area (Å²) in [7, 11) is -3.58. The normalized spacial score (nSPS) is 22.2. The number of nitrogens with zero attached hydrogens (tertiary/aromatic N) is 1. The monoisotopic (exact) mass is 487 g/mol. The predicted octanol–water partition coefficient (Wildman–Crippen LogP) is 4.55. The summed E-state index contributed by atoms with van der Waals surface area (Å²) >= 11 is 0. The maximum absolute atomic E-state index is 13.5. The van der Waals surface area contributed by atoms with Crippen molar-refractivity contribution in [2.75, 3.05) is 30.5 Å². The molecule has 2 heterocycles. The highest BCUT2D eigenvalue weighted by molar-refractivity contribution is 7.92. The Labute approximate surface area is 208 Å². The number of fused-ring (bicyclic) bond motifs is 1. The van der Waals surface area contributed by atoms with Crippen molar-refractivity contribution in [1.82, 2.24) is 10.6 Å². The topological polar surface area (TPSA) is 61.4 Å². The van der Waals surface area contributed by atoms with Crippen molar-refractivity contribution in [3.63, 3.8) is 0 Å². The Kier molecular flexibility index (Phi) is 6.13. The van der Waals surface area contributed by atoms with Crippen LogP contribution >= 0.6 is 0 Å². The molecule has 3 aliphatic rings. The molecule has 182 valence electrons. The molecule has 0 radical (unpaired) electrons. The number of rotatable bonds is 7. The van der Waals surface area contributed by atoms with Gasteiger partial charge < -0.3 is 10.6 Å². The Morgan fingerprint density at radius 2 is 1.66 bits per heavy atom. The zero-order valence-electron chi connectivity index (χ0n) is 20.0. The molecule has 0 aromatic heterocycles. The molecule has 0 spiro atoms. The number of sulfonamides is 1. The van der Waals surface area contributed by atoms with Crippen LogP contribution in [0.25, 0.3) is 11.1 Å². The fraction of sp³-hybridized carbons (Fsp3) is 0.379. The largest absolute Gasteiger partial charge is 0.317 e. The van der Waals surface area contributed by atoms with Gasteiger partial charge in [-0.2, -0.15) is 0 Å². The number of piperidine rings is 1. The Morgan fingerprint density at radius 3 is 2.43 bits per heavy atom. The van der Waals surface area contributed by atoms with E-state index in [9.17, 15) is 8.42 Å². The summed E-state index contributed by atoms with van der Waals surface area (Å²) < 4.78 is 28.5. The molecule has 3 aromatic carbocycles. The Balaban J connectivity index is 1.13. The molecule has 0 amide bonds. The van der Waals surface area contributed by atoms with Crippen LogP contribution in [0.4, 0.5) is 5.69 Å². The summed E-state index contributed by atoms with van der Waals surface area (Å²) in [6.45, 7) is 3.90. The van der Waals surface area contributed by atoms with Crippen molar-refractivity contribution in [3.8, 4) is 11.1 Å². The van der Waals surface area contributed by atoms with Crippen LogP contribution in [-0.2, 0) is 16.4 Å². The van der Waals surface area contributed by atoms with E-state index < -0.39 is 10.0 Å². The third kappa shape index (κ3) is 4.63. The number of anilines is 1. The predicted molar refractivity (Wildman–Crippen MR) is 141 cm³/mol. The second kappa shape index (κ2) is 9.41.